The third-order valence-corrected chi connectivity index (χ3v) is 1.76. The fourth-order valence-corrected chi connectivity index (χ4v) is 1.16. The van der Waals surface area contributed by atoms with Crippen molar-refractivity contribution in [2.24, 2.45) is 0 Å². The Kier molecular flexibility index (Phi) is 3.00. The van der Waals surface area contributed by atoms with Crippen molar-refractivity contribution in [1.29, 1.82) is 0 Å². The van der Waals surface area contributed by atoms with Gasteiger partial charge in [0.25, 0.3) is 0 Å². The van der Waals surface area contributed by atoms with Crippen LogP contribution in [0.15, 0.2) is 11.9 Å². The molecule has 4 nitrogen and oxygen atoms in total. The summed E-state index contributed by atoms with van der Waals surface area (Å²) in [5.41, 5.74) is 0. The molecule has 1 rings (SSSR count). The Hall–Kier alpha value is -1.39. The molecular weight excluding hydrogens is 177 g/mol. The van der Waals surface area contributed by atoms with Crippen molar-refractivity contribution in [1.82, 2.24) is 4.90 Å². The van der Waals surface area contributed by atoms with E-state index in [-0.39, 0.29) is 12.4 Å². The molecule has 0 atom stereocenters. The van der Waals surface area contributed by atoms with Gasteiger partial charge in [0, 0.05) is 6.54 Å². The molecule has 1 N–H and O–H groups in total. The van der Waals surface area contributed by atoms with Gasteiger partial charge < -0.3 is 10.0 Å². The summed E-state index contributed by atoms with van der Waals surface area (Å²) >= 11 is 0. The van der Waals surface area contributed by atoms with Crippen LogP contribution in [-0.4, -0.2) is 35.0 Å². The van der Waals surface area contributed by atoms with Gasteiger partial charge in [-0.05, 0) is 12.5 Å². The van der Waals surface area contributed by atoms with Crippen molar-refractivity contribution in [3.8, 4) is 0 Å². The summed E-state index contributed by atoms with van der Waals surface area (Å²) < 4.78 is 12.7. The normalized spacial score (nSPS) is 16.7. The highest BCUT2D eigenvalue weighted by atomic mass is 19.1. The van der Waals surface area contributed by atoms with E-state index in [1.54, 1.807) is 0 Å². The van der Waals surface area contributed by atoms with Crippen LogP contribution in [0.2, 0.25) is 0 Å². The van der Waals surface area contributed by atoms with E-state index in [2.05, 4.69) is 0 Å². The number of rotatable bonds is 2. The van der Waals surface area contributed by atoms with Gasteiger partial charge in [-0.25, -0.2) is 4.39 Å². The van der Waals surface area contributed by atoms with E-state index in [1.807, 2.05) is 0 Å². The molecule has 0 radical (unpaired) electrons. The Bertz CT molecular complexity index is 262. The first-order valence-electron chi connectivity index (χ1n) is 3.93. The molecule has 0 saturated heterocycles. The third-order valence-electron chi connectivity index (χ3n) is 1.76. The van der Waals surface area contributed by atoms with E-state index < -0.39 is 18.3 Å². The summed E-state index contributed by atoms with van der Waals surface area (Å²) in [4.78, 5) is 22.5. The van der Waals surface area contributed by atoms with Crippen LogP contribution >= 0.6 is 0 Å². The minimum atomic E-state index is -1.18. The Balaban J connectivity index is 2.49. The van der Waals surface area contributed by atoms with Gasteiger partial charge in [0.15, 0.2) is 0 Å². The van der Waals surface area contributed by atoms with Gasteiger partial charge in [-0.2, -0.15) is 0 Å². The maximum atomic E-state index is 12.7. The molecule has 1 aliphatic heterocycles. The molecule has 1 aliphatic rings. The number of aliphatic carboxylic acids is 1. The molecule has 0 aromatic heterocycles. The topological polar surface area (TPSA) is 57.6 Å². The number of carbonyl (C=O) groups excluding carboxylic acids is 1. The fourth-order valence-electron chi connectivity index (χ4n) is 1.16. The van der Waals surface area contributed by atoms with Crippen LogP contribution in [0.5, 0.6) is 0 Å². The van der Waals surface area contributed by atoms with Crippen LogP contribution in [-0.2, 0) is 9.59 Å². The Morgan fingerprint density at radius 1 is 1.62 bits per heavy atom. The van der Waals surface area contributed by atoms with Crippen LogP contribution in [0.4, 0.5) is 4.39 Å². The molecular formula is C8H10FNO3. The predicted molar refractivity (Wildman–Crippen MR) is 42.6 cm³/mol. The van der Waals surface area contributed by atoms with Crippen molar-refractivity contribution in [3.05, 3.63) is 11.9 Å². The first-order valence-corrected chi connectivity index (χ1v) is 3.93. The van der Waals surface area contributed by atoms with Crippen molar-refractivity contribution < 1.29 is 19.1 Å². The molecule has 0 bridgehead atoms. The van der Waals surface area contributed by atoms with Crippen molar-refractivity contribution >= 4 is 11.9 Å². The highest BCUT2D eigenvalue weighted by molar-refractivity contribution is 5.93. The average molecular weight is 187 g/mol. The lowest BCUT2D eigenvalue weighted by atomic mass is 10.2. The second-order valence-electron chi connectivity index (χ2n) is 2.83. The number of amides is 1. The maximum Gasteiger partial charge on any atom is 0.312 e. The number of carbonyl (C=O) groups is 2. The van der Waals surface area contributed by atoms with Gasteiger partial charge in [0.05, 0.1) is 6.54 Å². The van der Waals surface area contributed by atoms with Gasteiger partial charge in [0.2, 0.25) is 5.91 Å². The van der Waals surface area contributed by atoms with Gasteiger partial charge in [-0.1, -0.05) is 0 Å². The lowest BCUT2D eigenvalue weighted by Crippen LogP contribution is -2.36. The first kappa shape index (κ1) is 9.70. The predicted octanol–water partition coefficient (Wildman–Crippen LogP) is 0.547. The monoisotopic (exact) mass is 187 g/mol. The highest BCUT2D eigenvalue weighted by Crippen LogP contribution is 2.11. The lowest BCUT2D eigenvalue weighted by molar-refractivity contribution is -0.144. The third kappa shape index (κ3) is 2.85. The van der Waals surface area contributed by atoms with Gasteiger partial charge in [-0.15, -0.1) is 0 Å². The Morgan fingerprint density at radius 3 is 2.85 bits per heavy atom. The van der Waals surface area contributed by atoms with Crippen molar-refractivity contribution in [2.75, 3.05) is 13.1 Å². The Morgan fingerprint density at radius 2 is 2.31 bits per heavy atom. The van der Waals surface area contributed by atoms with E-state index in [0.717, 1.165) is 0 Å². The average Bonchev–Trinajstić information content (AvgIpc) is 2.03. The maximum absolute atomic E-state index is 12.7. The molecule has 0 fully saturated rings. The van der Waals surface area contributed by atoms with Crippen LogP contribution in [0.25, 0.3) is 0 Å². The van der Waals surface area contributed by atoms with E-state index in [9.17, 15) is 14.0 Å². The van der Waals surface area contributed by atoms with Crippen molar-refractivity contribution in [3.63, 3.8) is 0 Å². The zero-order valence-corrected chi connectivity index (χ0v) is 6.99. The first-order chi connectivity index (χ1) is 6.09. The quantitative estimate of drug-likeness (QED) is 0.642. The molecule has 72 valence electrons. The molecule has 5 heteroatoms. The second-order valence-corrected chi connectivity index (χ2v) is 2.83. The number of carboxylic acid groups (broad SMARTS) is 1. The summed E-state index contributed by atoms with van der Waals surface area (Å²) in [5.74, 6) is -2.08. The fraction of sp³-hybridized carbons (Fsp3) is 0.500. The van der Waals surface area contributed by atoms with E-state index >= 15 is 0 Å². The minimum absolute atomic E-state index is 0.0912. The summed E-state index contributed by atoms with van der Waals surface area (Å²) in [6.07, 6.45) is 1.30. The van der Waals surface area contributed by atoms with Crippen LogP contribution in [0.3, 0.4) is 0 Å². The number of nitrogens with zero attached hydrogens (tertiary/aromatic N) is 1. The zero-order valence-electron chi connectivity index (χ0n) is 6.99. The highest BCUT2D eigenvalue weighted by Gasteiger charge is 2.19. The molecule has 0 unspecified atom stereocenters. The summed E-state index contributed by atoms with van der Waals surface area (Å²) in [6, 6.07) is 0. The van der Waals surface area contributed by atoms with E-state index in [4.69, 9.17) is 5.11 Å². The van der Waals surface area contributed by atoms with E-state index in [1.165, 1.54) is 11.0 Å². The smallest absolute Gasteiger partial charge is 0.312 e. The molecule has 13 heavy (non-hydrogen) atoms. The van der Waals surface area contributed by atoms with Crippen LogP contribution in [0.1, 0.15) is 12.8 Å². The molecule has 0 aliphatic carbocycles. The largest absolute Gasteiger partial charge is 0.481 e. The minimum Gasteiger partial charge on any atom is -0.481 e. The summed E-state index contributed by atoms with van der Waals surface area (Å²) in [5, 5.41) is 8.32. The molecule has 0 aromatic rings. The van der Waals surface area contributed by atoms with Crippen molar-refractivity contribution in [2.45, 2.75) is 12.8 Å². The summed E-state index contributed by atoms with van der Waals surface area (Å²) in [7, 11) is 0. The molecule has 1 heterocycles. The lowest BCUT2D eigenvalue weighted by Gasteiger charge is -2.23. The number of carboxylic acids is 1. The molecule has 1 amide bonds. The zero-order chi connectivity index (χ0) is 9.84. The SMILES string of the molecule is O=C(O)CC(=O)N1CCC=C(F)C1. The van der Waals surface area contributed by atoms with E-state index in [0.29, 0.717) is 13.0 Å². The van der Waals surface area contributed by atoms with Crippen LogP contribution in [0, 0.1) is 0 Å². The second kappa shape index (κ2) is 4.02. The summed E-state index contributed by atoms with van der Waals surface area (Å²) in [6.45, 7) is 0.311. The number of hydrogen-bond acceptors (Lipinski definition) is 2. The van der Waals surface area contributed by atoms with Gasteiger partial charge in [0.1, 0.15) is 12.2 Å². The number of hydrogen-bond donors (Lipinski definition) is 1. The Labute approximate surface area is 74.6 Å². The molecule has 0 spiro atoms. The van der Waals surface area contributed by atoms with Gasteiger partial charge >= 0.3 is 5.97 Å². The molecule has 0 aromatic carbocycles. The van der Waals surface area contributed by atoms with Crippen LogP contribution < -0.4 is 0 Å². The number of halogens is 1. The molecule has 0 saturated carbocycles. The van der Waals surface area contributed by atoms with Gasteiger partial charge in [-0.3, -0.25) is 9.59 Å². The standard InChI is InChI=1S/C8H10FNO3/c9-6-2-1-3-10(5-6)7(11)4-8(12)13/h2H,1,3-5H2,(H,12,13).